The van der Waals surface area contributed by atoms with E-state index in [1.165, 1.54) is 18.5 Å². The minimum atomic E-state index is -1.28. The fourth-order valence-corrected chi connectivity index (χ4v) is 3.09. The average molecular weight is 429 g/mol. The van der Waals surface area contributed by atoms with Crippen LogP contribution in [0.2, 0.25) is 0 Å². The van der Waals surface area contributed by atoms with E-state index >= 15 is 0 Å². The first kappa shape index (κ1) is 21.6. The number of nitriles is 1. The Kier molecular flexibility index (Phi) is 5.82. The van der Waals surface area contributed by atoms with Gasteiger partial charge in [-0.3, -0.25) is 19.4 Å². The number of nitrogens with zero attached hydrogens (tertiary/aromatic N) is 5. The Morgan fingerprint density at radius 2 is 1.90 bits per heavy atom. The molecule has 0 saturated carbocycles. The zero-order chi connectivity index (χ0) is 22.9. The number of hydrogen-bond acceptors (Lipinski definition) is 8. The predicted octanol–water partition coefficient (Wildman–Crippen LogP) is 0.591. The van der Waals surface area contributed by atoms with Crippen LogP contribution in [0.4, 0.5) is 25.8 Å². The van der Waals surface area contributed by atoms with Gasteiger partial charge in [0.15, 0.2) is 11.6 Å². The van der Waals surface area contributed by atoms with E-state index in [2.05, 4.69) is 4.98 Å². The lowest BCUT2D eigenvalue weighted by Gasteiger charge is -2.25. The third-order valence-electron chi connectivity index (χ3n) is 4.49. The van der Waals surface area contributed by atoms with Crippen molar-refractivity contribution in [3.05, 3.63) is 74.3 Å². The summed E-state index contributed by atoms with van der Waals surface area (Å²) in [5, 5.41) is 19.7. The molecule has 0 aliphatic carbocycles. The fourth-order valence-electron chi connectivity index (χ4n) is 3.09. The van der Waals surface area contributed by atoms with Crippen molar-refractivity contribution in [2.45, 2.75) is 20.1 Å². The number of aromatic nitrogens is 3. The normalized spacial score (nSPS) is 10.7. The van der Waals surface area contributed by atoms with Crippen LogP contribution in [-0.4, -0.2) is 19.2 Å². The van der Waals surface area contributed by atoms with Crippen LogP contribution < -0.4 is 27.8 Å². The first-order valence-corrected chi connectivity index (χ1v) is 8.79. The van der Waals surface area contributed by atoms with E-state index in [4.69, 9.17) is 16.8 Å². The molecule has 0 bridgehead atoms. The van der Waals surface area contributed by atoms with E-state index in [1.807, 2.05) is 0 Å². The lowest BCUT2D eigenvalue weighted by atomic mass is 10.2. The summed E-state index contributed by atoms with van der Waals surface area (Å²) in [6, 6.07) is 4.62. The van der Waals surface area contributed by atoms with Crippen molar-refractivity contribution in [2.24, 2.45) is 5.84 Å². The highest BCUT2D eigenvalue weighted by Gasteiger charge is 2.25. The summed E-state index contributed by atoms with van der Waals surface area (Å²) < 4.78 is 28.9. The van der Waals surface area contributed by atoms with Gasteiger partial charge in [-0.15, -0.1) is 0 Å². The average Bonchev–Trinajstić information content (AvgIpc) is 2.72. The second kappa shape index (κ2) is 8.34. The number of hydrazine groups is 1. The Balaban J connectivity index is 2.42. The van der Waals surface area contributed by atoms with Crippen LogP contribution in [0.15, 0.2) is 40.2 Å². The predicted molar refractivity (Wildman–Crippen MR) is 107 cm³/mol. The Morgan fingerprint density at radius 3 is 2.52 bits per heavy atom. The summed E-state index contributed by atoms with van der Waals surface area (Å²) in [6.45, 7) is 0.309. The molecule has 12 heteroatoms. The quantitative estimate of drug-likeness (QED) is 0.302. The molecule has 0 fully saturated rings. The Hall–Kier alpha value is -4.08. The van der Waals surface area contributed by atoms with Crippen LogP contribution in [0, 0.1) is 29.9 Å². The summed E-state index contributed by atoms with van der Waals surface area (Å²) in [5.74, 6) is 3.53. The van der Waals surface area contributed by atoms with Crippen LogP contribution in [0.3, 0.4) is 0 Å². The number of anilines is 3. The zero-order valence-corrected chi connectivity index (χ0v) is 16.2. The van der Waals surface area contributed by atoms with Crippen LogP contribution >= 0.6 is 0 Å². The molecule has 0 aliphatic heterocycles. The minimum Gasteiger partial charge on any atom is -0.397 e. The Bertz CT molecular complexity index is 1330. The summed E-state index contributed by atoms with van der Waals surface area (Å²) in [5.41, 5.74) is 3.20. The SMILES string of the molecule is Cc1cncc(-n2c(=O)c(N(N)c3cc(F)c(F)cc3N)c(CO)n(CC#N)c2=O)c1. The summed E-state index contributed by atoms with van der Waals surface area (Å²) in [6.07, 6.45) is 2.75. The molecule has 0 radical (unpaired) electrons. The molecule has 0 amide bonds. The summed E-state index contributed by atoms with van der Waals surface area (Å²) in [7, 11) is 0. The van der Waals surface area contributed by atoms with E-state index < -0.39 is 41.7 Å². The van der Waals surface area contributed by atoms with Crippen LogP contribution in [0.1, 0.15) is 11.3 Å². The van der Waals surface area contributed by atoms with Gasteiger partial charge in [0.2, 0.25) is 0 Å². The first-order chi connectivity index (χ1) is 14.7. The number of aliphatic hydroxyl groups excluding tert-OH is 1. The molecule has 160 valence electrons. The third kappa shape index (κ3) is 3.75. The van der Waals surface area contributed by atoms with E-state index in [0.29, 0.717) is 27.3 Å². The highest BCUT2D eigenvalue weighted by atomic mass is 19.2. The highest BCUT2D eigenvalue weighted by Crippen LogP contribution is 2.29. The molecule has 0 spiro atoms. The third-order valence-corrected chi connectivity index (χ3v) is 4.49. The molecule has 31 heavy (non-hydrogen) atoms. The topological polar surface area (TPSA) is 156 Å². The van der Waals surface area contributed by atoms with Gasteiger partial charge in [0.25, 0.3) is 5.56 Å². The molecule has 5 N–H and O–H groups in total. The monoisotopic (exact) mass is 429 g/mol. The maximum Gasteiger partial charge on any atom is 0.337 e. The zero-order valence-electron chi connectivity index (χ0n) is 16.2. The Labute approximate surface area is 173 Å². The largest absolute Gasteiger partial charge is 0.397 e. The summed E-state index contributed by atoms with van der Waals surface area (Å²) >= 11 is 0. The van der Waals surface area contributed by atoms with E-state index in [0.717, 1.165) is 4.57 Å². The van der Waals surface area contributed by atoms with Gasteiger partial charge < -0.3 is 10.8 Å². The number of benzene rings is 1. The van der Waals surface area contributed by atoms with Gasteiger partial charge in [0.1, 0.15) is 12.2 Å². The molecule has 0 unspecified atom stereocenters. The van der Waals surface area contributed by atoms with Crippen LogP contribution in [0.25, 0.3) is 5.69 Å². The van der Waals surface area contributed by atoms with Crippen molar-refractivity contribution >= 4 is 17.1 Å². The standard InChI is InChI=1S/C19H17F2N7O3/c1-10-4-11(8-25-7-10)27-18(30)17(16(9-29)26(3-2-22)19(27)31)28(24)15-6-13(21)12(20)5-14(15)23/h4-8,29H,3,9,23-24H2,1H3. The van der Waals surface area contributed by atoms with Crippen molar-refractivity contribution in [1.29, 1.82) is 5.26 Å². The number of nitrogen functional groups attached to an aromatic ring is 1. The van der Waals surface area contributed by atoms with E-state index in [1.54, 1.807) is 13.0 Å². The molecule has 0 aliphatic rings. The molecule has 10 nitrogen and oxygen atoms in total. The van der Waals surface area contributed by atoms with Gasteiger partial charge in [-0.25, -0.2) is 24.0 Å². The lowest BCUT2D eigenvalue weighted by Crippen LogP contribution is -2.45. The molecule has 3 aromatic rings. The maximum absolute atomic E-state index is 13.8. The van der Waals surface area contributed by atoms with Gasteiger partial charge in [-0.1, -0.05) is 0 Å². The second-order valence-electron chi connectivity index (χ2n) is 6.54. The van der Waals surface area contributed by atoms with Crippen molar-refractivity contribution < 1.29 is 13.9 Å². The number of pyridine rings is 1. The van der Waals surface area contributed by atoms with Gasteiger partial charge in [-0.2, -0.15) is 5.26 Å². The number of nitrogens with two attached hydrogens (primary N) is 2. The molecule has 0 saturated heterocycles. The maximum atomic E-state index is 13.8. The van der Waals surface area contributed by atoms with Gasteiger partial charge >= 0.3 is 5.69 Å². The van der Waals surface area contributed by atoms with Gasteiger partial charge in [0.05, 0.1) is 41.6 Å². The van der Waals surface area contributed by atoms with Gasteiger partial charge in [-0.05, 0) is 18.6 Å². The molecule has 3 rings (SSSR count). The number of aryl methyl sites for hydroxylation is 1. The second-order valence-corrected chi connectivity index (χ2v) is 6.54. The molecule has 2 aromatic heterocycles. The molecular formula is C19H17F2N7O3. The van der Waals surface area contributed by atoms with E-state index in [9.17, 15) is 23.5 Å². The minimum absolute atomic E-state index is 0.0825. The number of aliphatic hydroxyl groups is 1. The van der Waals surface area contributed by atoms with Crippen molar-refractivity contribution in [3.8, 4) is 11.8 Å². The van der Waals surface area contributed by atoms with Gasteiger partial charge in [0, 0.05) is 18.3 Å². The molecule has 2 heterocycles. The fraction of sp³-hybridized carbons (Fsp3) is 0.158. The number of halogens is 2. The van der Waals surface area contributed by atoms with Crippen molar-refractivity contribution in [1.82, 2.24) is 14.1 Å². The smallest absolute Gasteiger partial charge is 0.337 e. The van der Waals surface area contributed by atoms with Crippen molar-refractivity contribution in [2.75, 3.05) is 10.7 Å². The van der Waals surface area contributed by atoms with Crippen LogP contribution in [-0.2, 0) is 13.2 Å². The Morgan fingerprint density at radius 1 is 1.23 bits per heavy atom. The lowest BCUT2D eigenvalue weighted by molar-refractivity contribution is 0.269. The number of rotatable bonds is 5. The van der Waals surface area contributed by atoms with Crippen molar-refractivity contribution in [3.63, 3.8) is 0 Å². The molecule has 1 aromatic carbocycles. The first-order valence-electron chi connectivity index (χ1n) is 8.79. The summed E-state index contributed by atoms with van der Waals surface area (Å²) in [4.78, 5) is 30.3. The highest BCUT2D eigenvalue weighted by molar-refractivity contribution is 5.74. The number of hydrogen-bond donors (Lipinski definition) is 3. The molecular weight excluding hydrogens is 412 g/mol. The van der Waals surface area contributed by atoms with E-state index in [-0.39, 0.29) is 22.8 Å². The van der Waals surface area contributed by atoms with Crippen LogP contribution in [0.5, 0.6) is 0 Å². The molecule has 0 atom stereocenters.